The monoisotopic (exact) mass is 351 g/mol. The maximum atomic E-state index is 12.3. The Bertz CT molecular complexity index is 576. The summed E-state index contributed by atoms with van der Waals surface area (Å²) in [6.07, 6.45) is 8.00. The van der Waals surface area contributed by atoms with Crippen LogP contribution in [-0.2, 0) is 4.79 Å². The molecule has 132 valence electrons. The number of hydrogen-bond acceptors (Lipinski definition) is 3. The van der Waals surface area contributed by atoms with Crippen LogP contribution >= 0.6 is 12.4 Å². The summed E-state index contributed by atoms with van der Waals surface area (Å²) in [4.78, 5) is 24.4. The van der Waals surface area contributed by atoms with E-state index in [-0.39, 0.29) is 24.2 Å². The van der Waals surface area contributed by atoms with Gasteiger partial charge >= 0.3 is 0 Å². The molecule has 1 aromatic rings. The van der Waals surface area contributed by atoms with Gasteiger partial charge in [0.2, 0.25) is 5.91 Å². The van der Waals surface area contributed by atoms with Crippen molar-refractivity contribution in [1.29, 1.82) is 0 Å². The zero-order valence-corrected chi connectivity index (χ0v) is 14.7. The van der Waals surface area contributed by atoms with Crippen molar-refractivity contribution < 1.29 is 9.59 Å². The molecule has 0 aliphatic heterocycles. The van der Waals surface area contributed by atoms with Crippen LogP contribution in [0.2, 0.25) is 0 Å². The first kappa shape index (κ1) is 18.7. The molecule has 0 spiro atoms. The summed E-state index contributed by atoms with van der Waals surface area (Å²) >= 11 is 0. The Morgan fingerprint density at radius 2 is 1.58 bits per heavy atom. The first-order chi connectivity index (χ1) is 11.1. The Kier molecular flexibility index (Phi) is 6.24. The molecular formula is C18H26ClN3O2. The molecule has 0 radical (unpaired) electrons. The highest BCUT2D eigenvalue weighted by Crippen LogP contribution is 2.28. The summed E-state index contributed by atoms with van der Waals surface area (Å²) in [5.41, 5.74) is 6.71. The average molecular weight is 352 g/mol. The van der Waals surface area contributed by atoms with E-state index in [4.69, 9.17) is 5.73 Å². The van der Waals surface area contributed by atoms with Gasteiger partial charge in [0.1, 0.15) is 0 Å². The molecule has 1 aromatic carbocycles. The van der Waals surface area contributed by atoms with Crippen molar-refractivity contribution in [3.05, 3.63) is 29.8 Å². The van der Waals surface area contributed by atoms with E-state index >= 15 is 0 Å². The number of hydrogen-bond donors (Lipinski definition) is 3. The van der Waals surface area contributed by atoms with E-state index in [0.29, 0.717) is 17.3 Å². The van der Waals surface area contributed by atoms with Crippen LogP contribution in [0.25, 0.3) is 0 Å². The van der Waals surface area contributed by atoms with Gasteiger partial charge in [-0.3, -0.25) is 9.59 Å². The SMILES string of the molecule is Cl.NC1(C(=O)Nc2ccc(C(=O)NC3CCCC3)cc2)CCCC1. The van der Waals surface area contributed by atoms with Gasteiger partial charge in [-0.2, -0.15) is 0 Å². The molecule has 2 aliphatic carbocycles. The summed E-state index contributed by atoms with van der Waals surface area (Å²) in [6.45, 7) is 0. The van der Waals surface area contributed by atoms with E-state index in [1.165, 1.54) is 12.8 Å². The van der Waals surface area contributed by atoms with E-state index in [0.717, 1.165) is 38.5 Å². The first-order valence-electron chi connectivity index (χ1n) is 8.58. The van der Waals surface area contributed by atoms with Gasteiger partial charge < -0.3 is 16.4 Å². The van der Waals surface area contributed by atoms with Gasteiger partial charge in [-0.25, -0.2) is 0 Å². The summed E-state index contributed by atoms with van der Waals surface area (Å²) in [7, 11) is 0. The molecule has 0 bridgehead atoms. The lowest BCUT2D eigenvalue weighted by Crippen LogP contribution is -2.48. The third kappa shape index (κ3) is 4.28. The molecule has 2 saturated carbocycles. The van der Waals surface area contributed by atoms with Crippen LogP contribution in [0.1, 0.15) is 61.7 Å². The van der Waals surface area contributed by atoms with Crippen molar-refractivity contribution in [3.63, 3.8) is 0 Å². The van der Waals surface area contributed by atoms with E-state index in [1.54, 1.807) is 24.3 Å². The fourth-order valence-electron chi connectivity index (χ4n) is 3.53. The van der Waals surface area contributed by atoms with Gasteiger partial charge in [-0.05, 0) is 49.9 Å². The molecule has 0 heterocycles. The van der Waals surface area contributed by atoms with E-state index in [9.17, 15) is 9.59 Å². The maximum Gasteiger partial charge on any atom is 0.251 e. The number of benzene rings is 1. The predicted molar refractivity (Wildman–Crippen MR) is 97.4 cm³/mol. The van der Waals surface area contributed by atoms with Gasteiger partial charge in [0, 0.05) is 17.3 Å². The number of rotatable bonds is 4. The van der Waals surface area contributed by atoms with Crippen molar-refractivity contribution in [3.8, 4) is 0 Å². The van der Waals surface area contributed by atoms with E-state index in [2.05, 4.69) is 10.6 Å². The minimum absolute atomic E-state index is 0. The molecule has 2 fully saturated rings. The van der Waals surface area contributed by atoms with Crippen LogP contribution in [0.4, 0.5) is 5.69 Å². The lowest BCUT2D eigenvalue weighted by Gasteiger charge is -2.22. The fourth-order valence-corrected chi connectivity index (χ4v) is 3.53. The number of anilines is 1. The predicted octanol–water partition coefficient (Wildman–Crippen LogP) is 2.99. The van der Waals surface area contributed by atoms with Gasteiger partial charge in [-0.1, -0.05) is 25.7 Å². The first-order valence-corrected chi connectivity index (χ1v) is 8.58. The standard InChI is InChI=1S/C18H25N3O2.ClH/c19-18(11-3-4-12-18)17(23)21-15-9-7-13(8-10-15)16(22)20-14-5-1-2-6-14;/h7-10,14H,1-6,11-12,19H2,(H,20,22)(H,21,23);1H. The molecular weight excluding hydrogens is 326 g/mol. The highest BCUT2D eigenvalue weighted by molar-refractivity contribution is 5.99. The normalized spacial score (nSPS) is 19.5. The quantitative estimate of drug-likeness (QED) is 0.779. The second-order valence-corrected chi connectivity index (χ2v) is 6.85. The Morgan fingerprint density at radius 1 is 1.00 bits per heavy atom. The molecule has 0 saturated heterocycles. The molecule has 5 nitrogen and oxygen atoms in total. The zero-order chi connectivity index (χ0) is 16.3. The van der Waals surface area contributed by atoms with Gasteiger partial charge in [-0.15, -0.1) is 12.4 Å². The second-order valence-electron chi connectivity index (χ2n) is 6.85. The number of nitrogens with one attached hydrogen (secondary N) is 2. The van der Waals surface area contributed by atoms with Crippen molar-refractivity contribution in [2.45, 2.75) is 62.9 Å². The summed E-state index contributed by atoms with van der Waals surface area (Å²) in [5.74, 6) is -0.168. The van der Waals surface area contributed by atoms with Crippen LogP contribution in [-0.4, -0.2) is 23.4 Å². The van der Waals surface area contributed by atoms with Crippen molar-refractivity contribution >= 4 is 29.9 Å². The molecule has 0 unspecified atom stereocenters. The Morgan fingerprint density at radius 3 is 2.17 bits per heavy atom. The summed E-state index contributed by atoms with van der Waals surface area (Å²) < 4.78 is 0. The lowest BCUT2D eigenvalue weighted by molar-refractivity contribution is -0.121. The fraction of sp³-hybridized carbons (Fsp3) is 0.556. The number of carbonyl (C=O) groups excluding carboxylic acids is 2. The van der Waals surface area contributed by atoms with Crippen molar-refractivity contribution in [2.24, 2.45) is 5.73 Å². The number of amides is 2. The highest BCUT2D eigenvalue weighted by Gasteiger charge is 2.36. The van der Waals surface area contributed by atoms with Gasteiger partial charge in [0.05, 0.1) is 5.54 Å². The molecule has 4 N–H and O–H groups in total. The Balaban J connectivity index is 0.00000208. The number of carbonyl (C=O) groups is 2. The average Bonchev–Trinajstić information content (AvgIpc) is 3.20. The molecule has 0 atom stereocenters. The summed E-state index contributed by atoms with van der Waals surface area (Å²) in [5, 5.41) is 5.93. The lowest BCUT2D eigenvalue weighted by atomic mass is 9.98. The topological polar surface area (TPSA) is 84.2 Å². The largest absolute Gasteiger partial charge is 0.349 e. The minimum atomic E-state index is -0.738. The number of nitrogens with two attached hydrogens (primary N) is 1. The second kappa shape index (κ2) is 7.99. The smallest absolute Gasteiger partial charge is 0.251 e. The van der Waals surface area contributed by atoms with Gasteiger partial charge in [0.15, 0.2) is 0 Å². The third-order valence-electron chi connectivity index (χ3n) is 5.04. The molecule has 2 amide bonds. The van der Waals surface area contributed by atoms with Gasteiger partial charge in [0.25, 0.3) is 5.91 Å². The molecule has 6 heteroatoms. The van der Waals surface area contributed by atoms with Crippen LogP contribution < -0.4 is 16.4 Å². The van der Waals surface area contributed by atoms with Crippen LogP contribution in [0.5, 0.6) is 0 Å². The Hall–Kier alpha value is -1.59. The van der Waals surface area contributed by atoms with E-state index in [1.807, 2.05) is 0 Å². The maximum absolute atomic E-state index is 12.3. The van der Waals surface area contributed by atoms with Crippen LogP contribution in [0.15, 0.2) is 24.3 Å². The van der Waals surface area contributed by atoms with E-state index < -0.39 is 5.54 Å². The number of halogens is 1. The zero-order valence-electron chi connectivity index (χ0n) is 13.8. The molecule has 3 rings (SSSR count). The van der Waals surface area contributed by atoms with Crippen molar-refractivity contribution in [1.82, 2.24) is 5.32 Å². The summed E-state index contributed by atoms with van der Waals surface area (Å²) in [6, 6.07) is 7.33. The molecule has 24 heavy (non-hydrogen) atoms. The van der Waals surface area contributed by atoms with Crippen LogP contribution in [0.3, 0.4) is 0 Å². The third-order valence-corrected chi connectivity index (χ3v) is 5.04. The molecule has 0 aromatic heterocycles. The minimum Gasteiger partial charge on any atom is -0.349 e. The highest BCUT2D eigenvalue weighted by atomic mass is 35.5. The van der Waals surface area contributed by atoms with Crippen molar-refractivity contribution in [2.75, 3.05) is 5.32 Å². The Labute approximate surface area is 149 Å². The molecule has 2 aliphatic rings. The van der Waals surface area contributed by atoms with Crippen LogP contribution in [0, 0.1) is 0 Å².